The maximum absolute atomic E-state index is 5.43. The molecule has 0 heterocycles. The summed E-state index contributed by atoms with van der Waals surface area (Å²) in [5.74, 6) is 1.67. The zero-order valence-electron chi connectivity index (χ0n) is 11.2. The molecule has 0 aliphatic heterocycles. The van der Waals surface area contributed by atoms with Gasteiger partial charge in [0.1, 0.15) is 11.5 Å². The van der Waals surface area contributed by atoms with E-state index in [0.29, 0.717) is 6.54 Å². The van der Waals surface area contributed by atoms with Gasteiger partial charge in [-0.2, -0.15) is 0 Å². The van der Waals surface area contributed by atoms with E-state index in [9.17, 15) is 0 Å². The highest BCUT2D eigenvalue weighted by Gasteiger charge is 2.09. The first-order valence-electron chi connectivity index (χ1n) is 6.04. The van der Waals surface area contributed by atoms with E-state index in [1.807, 2.05) is 36.4 Å². The lowest BCUT2D eigenvalue weighted by atomic mass is 10.2. The zero-order chi connectivity index (χ0) is 14.5. The molecule has 0 radical (unpaired) electrons. The molecule has 0 unspecified atom stereocenters. The highest BCUT2D eigenvalue weighted by Crippen LogP contribution is 2.33. The molecule has 2 aromatic carbocycles. The van der Waals surface area contributed by atoms with Crippen molar-refractivity contribution in [3.63, 3.8) is 0 Å². The Balaban J connectivity index is 2.18. The minimum absolute atomic E-state index is 0.661. The van der Waals surface area contributed by atoms with Crippen molar-refractivity contribution in [1.29, 1.82) is 0 Å². The van der Waals surface area contributed by atoms with Crippen LogP contribution in [0.2, 0.25) is 0 Å². The Morgan fingerprint density at radius 2 is 1.85 bits per heavy atom. The SMILES string of the molecule is COc1cccc(NCc2cc(Br)cc(Br)c2OC)c1. The third kappa shape index (κ3) is 3.67. The van der Waals surface area contributed by atoms with E-state index in [1.54, 1.807) is 14.2 Å². The number of methoxy groups -OCH3 is 2. The van der Waals surface area contributed by atoms with E-state index in [4.69, 9.17) is 9.47 Å². The van der Waals surface area contributed by atoms with Gasteiger partial charge in [0.25, 0.3) is 0 Å². The Kier molecular flexibility index (Phi) is 5.31. The lowest BCUT2D eigenvalue weighted by molar-refractivity contribution is 0.407. The second-order valence-corrected chi connectivity index (χ2v) is 5.94. The molecule has 0 fully saturated rings. The number of halogens is 2. The van der Waals surface area contributed by atoms with Gasteiger partial charge in [-0.1, -0.05) is 22.0 Å². The van der Waals surface area contributed by atoms with Crippen LogP contribution in [0.4, 0.5) is 5.69 Å². The van der Waals surface area contributed by atoms with Gasteiger partial charge in [0, 0.05) is 28.3 Å². The summed E-state index contributed by atoms with van der Waals surface area (Å²) in [6.07, 6.45) is 0. The largest absolute Gasteiger partial charge is 0.497 e. The van der Waals surface area contributed by atoms with Crippen LogP contribution in [-0.4, -0.2) is 14.2 Å². The van der Waals surface area contributed by atoms with Crippen LogP contribution < -0.4 is 14.8 Å². The minimum atomic E-state index is 0.661. The Morgan fingerprint density at radius 1 is 1.05 bits per heavy atom. The van der Waals surface area contributed by atoms with Crippen molar-refractivity contribution in [3.05, 3.63) is 50.9 Å². The van der Waals surface area contributed by atoms with Gasteiger partial charge < -0.3 is 14.8 Å². The predicted octanol–water partition coefficient (Wildman–Crippen LogP) is 4.84. The molecule has 0 bridgehead atoms. The van der Waals surface area contributed by atoms with E-state index in [0.717, 1.165) is 31.7 Å². The van der Waals surface area contributed by atoms with Gasteiger partial charge in [0.05, 0.1) is 18.7 Å². The van der Waals surface area contributed by atoms with Gasteiger partial charge >= 0.3 is 0 Å². The van der Waals surface area contributed by atoms with Crippen molar-refractivity contribution in [2.45, 2.75) is 6.54 Å². The monoisotopic (exact) mass is 399 g/mol. The number of rotatable bonds is 5. The quantitative estimate of drug-likeness (QED) is 0.778. The molecule has 20 heavy (non-hydrogen) atoms. The molecule has 2 aromatic rings. The third-order valence-electron chi connectivity index (χ3n) is 2.84. The highest BCUT2D eigenvalue weighted by atomic mass is 79.9. The van der Waals surface area contributed by atoms with Gasteiger partial charge in [-0.15, -0.1) is 0 Å². The van der Waals surface area contributed by atoms with Crippen LogP contribution >= 0.6 is 31.9 Å². The molecule has 0 saturated carbocycles. The summed E-state index contributed by atoms with van der Waals surface area (Å²) in [5.41, 5.74) is 2.07. The number of hydrogen-bond donors (Lipinski definition) is 1. The number of anilines is 1. The van der Waals surface area contributed by atoms with Crippen molar-refractivity contribution in [2.75, 3.05) is 19.5 Å². The molecule has 0 aromatic heterocycles. The second kappa shape index (κ2) is 6.99. The molecular weight excluding hydrogens is 386 g/mol. The number of benzene rings is 2. The fourth-order valence-electron chi connectivity index (χ4n) is 1.90. The zero-order valence-corrected chi connectivity index (χ0v) is 14.4. The van der Waals surface area contributed by atoms with Gasteiger partial charge in [-0.25, -0.2) is 0 Å². The molecule has 0 saturated heterocycles. The summed E-state index contributed by atoms with van der Waals surface area (Å²) < 4.78 is 12.6. The third-order valence-corrected chi connectivity index (χ3v) is 3.89. The van der Waals surface area contributed by atoms with Gasteiger partial charge in [0.15, 0.2) is 0 Å². The lowest BCUT2D eigenvalue weighted by Gasteiger charge is -2.13. The van der Waals surface area contributed by atoms with E-state index in [1.165, 1.54) is 0 Å². The van der Waals surface area contributed by atoms with Crippen molar-refractivity contribution >= 4 is 37.5 Å². The van der Waals surface area contributed by atoms with Crippen LogP contribution in [0.1, 0.15) is 5.56 Å². The molecule has 0 spiro atoms. The van der Waals surface area contributed by atoms with Crippen LogP contribution in [0.25, 0.3) is 0 Å². The topological polar surface area (TPSA) is 30.5 Å². The Labute approximate surface area is 135 Å². The summed E-state index contributed by atoms with van der Waals surface area (Å²) >= 11 is 7.00. The van der Waals surface area contributed by atoms with Gasteiger partial charge in [-0.05, 0) is 40.2 Å². The summed E-state index contributed by atoms with van der Waals surface area (Å²) in [6, 6.07) is 11.8. The number of hydrogen-bond acceptors (Lipinski definition) is 3. The normalized spacial score (nSPS) is 10.2. The fourth-order valence-corrected chi connectivity index (χ4v) is 3.38. The van der Waals surface area contributed by atoms with Crippen LogP contribution in [-0.2, 0) is 6.54 Å². The van der Waals surface area contributed by atoms with Crippen LogP contribution in [0.3, 0.4) is 0 Å². The molecule has 0 atom stereocenters. The van der Waals surface area contributed by atoms with Crippen molar-refractivity contribution in [3.8, 4) is 11.5 Å². The molecule has 0 amide bonds. The van der Waals surface area contributed by atoms with Crippen molar-refractivity contribution < 1.29 is 9.47 Å². The Hall–Kier alpha value is -1.20. The highest BCUT2D eigenvalue weighted by molar-refractivity contribution is 9.11. The van der Waals surface area contributed by atoms with Gasteiger partial charge in [0.2, 0.25) is 0 Å². The van der Waals surface area contributed by atoms with Crippen LogP contribution in [0.15, 0.2) is 45.3 Å². The van der Waals surface area contributed by atoms with E-state index in [-0.39, 0.29) is 0 Å². The summed E-state index contributed by atoms with van der Waals surface area (Å²) in [4.78, 5) is 0. The molecule has 106 valence electrons. The van der Waals surface area contributed by atoms with E-state index in [2.05, 4.69) is 37.2 Å². The molecule has 0 aliphatic carbocycles. The lowest BCUT2D eigenvalue weighted by Crippen LogP contribution is -2.02. The standard InChI is InChI=1S/C15H15Br2NO2/c1-19-13-5-3-4-12(8-13)18-9-10-6-11(16)7-14(17)15(10)20-2/h3-8,18H,9H2,1-2H3. The average Bonchev–Trinajstić information content (AvgIpc) is 2.45. The van der Waals surface area contributed by atoms with Crippen molar-refractivity contribution in [1.82, 2.24) is 0 Å². The van der Waals surface area contributed by atoms with E-state index >= 15 is 0 Å². The van der Waals surface area contributed by atoms with Crippen LogP contribution in [0, 0.1) is 0 Å². The molecule has 5 heteroatoms. The molecule has 2 rings (SSSR count). The van der Waals surface area contributed by atoms with E-state index < -0.39 is 0 Å². The average molecular weight is 401 g/mol. The summed E-state index contributed by atoms with van der Waals surface area (Å²) in [7, 11) is 3.33. The molecular formula is C15H15Br2NO2. The fraction of sp³-hybridized carbons (Fsp3) is 0.200. The van der Waals surface area contributed by atoms with Gasteiger partial charge in [-0.3, -0.25) is 0 Å². The maximum atomic E-state index is 5.43. The molecule has 3 nitrogen and oxygen atoms in total. The summed E-state index contributed by atoms with van der Waals surface area (Å²) in [5, 5.41) is 3.36. The first-order valence-corrected chi connectivity index (χ1v) is 7.62. The summed E-state index contributed by atoms with van der Waals surface area (Å²) in [6.45, 7) is 0.661. The second-order valence-electron chi connectivity index (χ2n) is 4.17. The smallest absolute Gasteiger partial charge is 0.138 e. The maximum Gasteiger partial charge on any atom is 0.138 e. The van der Waals surface area contributed by atoms with Crippen molar-refractivity contribution in [2.24, 2.45) is 0 Å². The first kappa shape index (κ1) is 15.2. The van der Waals surface area contributed by atoms with Crippen LogP contribution in [0.5, 0.6) is 11.5 Å². The Morgan fingerprint density at radius 3 is 2.55 bits per heavy atom. The number of ether oxygens (including phenoxy) is 2. The minimum Gasteiger partial charge on any atom is -0.497 e. The first-order chi connectivity index (χ1) is 9.63. The number of nitrogens with one attached hydrogen (secondary N) is 1. The Bertz CT molecular complexity index is 602. The molecule has 0 aliphatic rings. The molecule has 1 N–H and O–H groups in total. The predicted molar refractivity (Wildman–Crippen MR) is 88.7 cm³/mol.